The number of nitrogens with one attached hydrogen (secondary N) is 1. The summed E-state index contributed by atoms with van der Waals surface area (Å²) in [6.45, 7) is 3.93. The van der Waals surface area contributed by atoms with E-state index in [-0.39, 0.29) is 12.6 Å². The minimum Gasteiger partial charge on any atom is -0.460 e. The monoisotopic (exact) mass is 475 g/mol. The maximum Gasteiger partial charge on any atom is 0.338 e. The first-order valence-electron chi connectivity index (χ1n) is 12.7. The van der Waals surface area contributed by atoms with Gasteiger partial charge in [-0.2, -0.15) is 0 Å². The van der Waals surface area contributed by atoms with Crippen LogP contribution in [0.3, 0.4) is 0 Å². The molecule has 0 aliphatic heterocycles. The molecule has 0 saturated heterocycles. The van der Waals surface area contributed by atoms with Gasteiger partial charge in [-0.3, -0.25) is 0 Å². The van der Waals surface area contributed by atoms with E-state index in [9.17, 15) is 4.79 Å². The second-order valence-electron chi connectivity index (χ2n) is 9.38. The Morgan fingerprint density at radius 2 is 1.71 bits per heavy atom. The van der Waals surface area contributed by atoms with E-state index in [2.05, 4.69) is 66.8 Å². The van der Waals surface area contributed by atoms with Crippen LogP contribution in [0.25, 0.3) is 10.8 Å². The number of hydrogen-bond acceptors (Lipinski definition) is 5. The van der Waals surface area contributed by atoms with Gasteiger partial charge in [0.2, 0.25) is 0 Å². The number of rotatable bonds is 11. The van der Waals surface area contributed by atoms with E-state index >= 15 is 0 Å². The average molecular weight is 476 g/mol. The minimum absolute atomic E-state index is 0.245. The van der Waals surface area contributed by atoms with Gasteiger partial charge in [-0.05, 0) is 66.1 Å². The average Bonchev–Trinajstić information content (AvgIpc) is 2.90. The Bertz CT molecular complexity index is 1080. The van der Waals surface area contributed by atoms with E-state index < -0.39 is 0 Å². The lowest BCUT2D eigenvalue weighted by Gasteiger charge is -2.32. The molecule has 0 amide bonds. The van der Waals surface area contributed by atoms with Crippen LogP contribution in [0.2, 0.25) is 0 Å². The molecule has 1 fully saturated rings. The zero-order valence-electron chi connectivity index (χ0n) is 20.9. The number of hydrogen-bond donors (Lipinski definition) is 1. The zero-order chi connectivity index (χ0) is 24.5. The van der Waals surface area contributed by atoms with Crippen molar-refractivity contribution in [2.75, 3.05) is 33.5 Å². The van der Waals surface area contributed by atoms with E-state index in [0.29, 0.717) is 43.4 Å². The third kappa shape index (κ3) is 6.91. The summed E-state index contributed by atoms with van der Waals surface area (Å²) in [4.78, 5) is 12.3. The van der Waals surface area contributed by atoms with Gasteiger partial charge in [-0.15, -0.1) is 0 Å². The highest BCUT2D eigenvalue weighted by molar-refractivity contribution is 5.89. The second kappa shape index (κ2) is 12.8. The predicted octanol–water partition coefficient (Wildman–Crippen LogP) is 6.04. The van der Waals surface area contributed by atoms with Crippen LogP contribution in [0.4, 0.5) is 0 Å². The molecule has 1 saturated carbocycles. The van der Waals surface area contributed by atoms with Crippen LogP contribution in [-0.4, -0.2) is 45.5 Å². The number of esters is 1. The summed E-state index contributed by atoms with van der Waals surface area (Å²) >= 11 is 0. The number of ether oxygens (including phenoxy) is 3. The lowest BCUT2D eigenvalue weighted by Crippen LogP contribution is -2.35. The fraction of sp³-hybridized carbons (Fsp3) is 0.433. The zero-order valence-corrected chi connectivity index (χ0v) is 20.9. The summed E-state index contributed by atoms with van der Waals surface area (Å²) in [5, 5.41) is 6.52. The molecule has 0 radical (unpaired) electrons. The van der Waals surface area contributed by atoms with E-state index in [1.165, 1.54) is 41.2 Å². The maximum absolute atomic E-state index is 12.3. The molecule has 1 N–H and O–H groups in total. The van der Waals surface area contributed by atoms with Gasteiger partial charge in [0.15, 0.2) is 0 Å². The van der Waals surface area contributed by atoms with E-state index in [0.717, 1.165) is 6.42 Å². The number of carbonyl (C=O) groups excluding carboxylic acids is 1. The molecule has 3 aromatic rings. The van der Waals surface area contributed by atoms with Gasteiger partial charge in [0.05, 0.1) is 25.4 Å². The Hall–Kier alpha value is -2.73. The molecule has 5 nitrogen and oxygen atoms in total. The molecule has 3 atom stereocenters. The van der Waals surface area contributed by atoms with Crippen molar-refractivity contribution in [3.63, 3.8) is 0 Å². The van der Waals surface area contributed by atoms with E-state index in [1.54, 1.807) is 7.11 Å². The van der Waals surface area contributed by atoms with Crippen molar-refractivity contribution in [1.29, 1.82) is 0 Å². The van der Waals surface area contributed by atoms with Crippen LogP contribution < -0.4 is 5.32 Å². The molecule has 1 aliphatic rings. The van der Waals surface area contributed by atoms with Crippen LogP contribution in [0.1, 0.15) is 66.1 Å². The number of fused-ring (bicyclic) bond motifs is 1. The highest BCUT2D eigenvalue weighted by Crippen LogP contribution is 2.34. The third-order valence-electron chi connectivity index (χ3n) is 6.96. The molecule has 186 valence electrons. The topological polar surface area (TPSA) is 56.8 Å². The smallest absolute Gasteiger partial charge is 0.338 e. The van der Waals surface area contributed by atoms with E-state index in [4.69, 9.17) is 14.2 Å². The van der Waals surface area contributed by atoms with Gasteiger partial charge >= 0.3 is 5.97 Å². The molecule has 2 unspecified atom stereocenters. The van der Waals surface area contributed by atoms with Crippen molar-refractivity contribution >= 4 is 16.7 Å². The SMILES string of the molecule is COCCOCCOC(=O)c1ccc([C@H]2CCCC(NC(C)c3cccc4ccccc34)C2)cc1. The van der Waals surface area contributed by atoms with Crippen molar-refractivity contribution in [2.24, 2.45) is 0 Å². The Morgan fingerprint density at radius 3 is 2.54 bits per heavy atom. The molecule has 3 aromatic carbocycles. The fourth-order valence-electron chi connectivity index (χ4n) is 5.13. The summed E-state index contributed by atoms with van der Waals surface area (Å²) in [6.07, 6.45) is 4.70. The van der Waals surface area contributed by atoms with Crippen molar-refractivity contribution < 1.29 is 19.0 Å². The highest BCUT2D eigenvalue weighted by atomic mass is 16.6. The molecular weight excluding hydrogens is 438 g/mol. The largest absolute Gasteiger partial charge is 0.460 e. The van der Waals surface area contributed by atoms with Crippen molar-refractivity contribution in [1.82, 2.24) is 5.32 Å². The predicted molar refractivity (Wildman–Crippen MR) is 140 cm³/mol. The molecule has 0 aromatic heterocycles. The first kappa shape index (κ1) is 25.4. The lowest BCUT2D eigenvalue weighted by molar-refractivity contribution is 0.0213. The maximum atomic E-state index is 12.3. The van der Waals surface area contributed by atoms with Crippen molar-refractivity contribution in [3.8, 4) is 0 Å². The van der Waals surface area contributed by atoms with Gasteiger partial charge in [0.1, 0.15) is 6.61 Å². The van der Waals surface area contributed by atoms with Gasteiger partial charge in [-0.1, -0.05) is 61.0 Å². The number of methoxy groups -OCH3 is 1. The number of benzene rings is 3. The summed E-state index contributed by atoms with van der Waals surface area (Å²) < 4.78 is 15.6. The van der Waals surface area contributed by atoms with E-state index in [1.807, 2.05) is 12.1 Å². The quantitative estimate of drug-likeness (QED) is 0.271. The Morgan fingerprint density at radius 1 is 0.943 bits per heavy atom. The van der Waals surface area contributed by atoms with Gasteiger partial charge in [0.25, 0.3) is 0 Å². The molecular formula is C30H37NO4. The summed E-state index contributed by atoms with van der Waals surface area (Å²) in [7, 11) is 1.63. The molecule has 0 heterocycles. The first-order chi connectivity index (χ1) is 17.2. The van der Waals surface area contributed by atoms with Crippen LogP contribution in [-0.2, 0) is 14.2 Å². The fourth-order valence-corrected chi connectivity index (χ4v) is 5.13. The third-order valence-corrected chi connectivity index (χ3v) is 6.96. The Kier molecular flexibility index (Phi) is 9.29. The normalized spacial score (nSPS) is 18.9. The van der Waals surface area contributed by atoms with Crippen molar-refractivity contribution in [3.05, 3.63) is 83.4 Å². The van der Waals surface area contributed by atoms with Gasteiger partial charge in [0, 0.05) is 19.2 Å². The van der Waals surface area contributed by atoms with Crippen molar-refractivity contribution in [2.45, 2.75) is 50.6 Å². The second-order valence-corrected chi connectivity index (χ2v) is 9.38. The molecule has 35 heavy (non-hydrogen) atoms. The number of carbonyl (C=O) groups is 1. The molecule has 4 rings (SSSR count). The summed E-state index contributed by atoms with van der Waals surface area (Å²) in [5.74, 6) is 0.194. The standard InChI is InChI=1S/C30H37NO4/c1-22(28-12-6-8-24-7-3-4-11-29(24)28)31-27-10-5-9-26(21-27)23-13-15-25(16-14-23)30(32)35-20-19-34-18-17-33-2/h3-4,6-8,11-16,22,26-27,31H,5,9-10,17-21H2,1-2H3/t22?,26-,27?/m0/s1. The minimum atomic E-state index is -0.306. The van der Waals surface area contributed by atoms with Crippen LogP contribution in [0.15, 0.2) is 66.7 Å². The molecule has 5 heteroatoms. The Balaban J connectivity index is 1.30. The summed E-state index contributed by atoms with van der Waals surface area (Å²) in [5.41, 5.74) is 3.24. The highest BCUT2D eigenvalue weighted by Gasteiger charge is 2.25. The molecule has 0 bridgehead atoms. The summed E-state index contributed by atoms with van der Waals surface area (Å²) in [6, 6.07) is 23.9. The van der Waals surface area contributed by atoms with Gasteiger partial charge in [-0.25, -0.2) is 4.79 Å². The lowest BCUT2D eigenvalue weighted by atomic mass is 9.81. The molecule has 1 aliphatic carbocycles. The Labute approximate surface area is 208 Å². The van der Waals surface area contributed by atoms with Crippen LogP contribution >= 0.6 is 0 Å². The first-order valence-corrected chi connectivity index (χ1v) is 12.7. The van der Waals surface area contributed by atoms with Gasteiger partial charge < -0.3 is 19.5 Å². The van der Waals surface area contributed by atoms with Crippen LogP contribution in [0, 0.1) is 0 Å². The molecule has 0 spiro atoms. The van der Waals surface area contributed by atoms with Crippen LogP contribution in [0.5, 0.6) is 0 Å².